The number of nitrogens with zero attached hydrogens (tertiary/aromatic N) is 3. The molecule has 3 aliphatic rings. The highest BCUT2D eigenvalue weighted by Gasteiger charge is 2.60. The average Bonchev–Trinajstić information content (AvgIpc) is 3.14. The van der Waals surface area contributed by atoms with E-state index in [0.717, 1.165) is 16.8 Å². The monoisotopic (exact) mass is 384 g/mol. The van der Waals surface area contributed by atoms with Crippen LogP contribution >= 0.6 is 0 Å². The third kappa shape index (κ3) is 2.78. The largest absolute Gasteiger partial charge is 0.444 e. The van der Waals surface area contributed by atoms with Crippen molar-refractivity contribution in [3.8, 4) is 0 Å². The number of carbonyl (C=O) groups excluding carboxylic acids is 1. The molecule has 1 saturated carbocycles. The number of hydrogen-bond donors (Lipinski definition) is 1. The number of carbonyl (C=O) groups is 1. The van der Waals surface area contributed by atoms with Gasteiger partial charge in [-0.3, -0.25) is 4.79 Å². The van der Waals surface area contributed by atoms with Crippen LogP contribution in [0.3, 0.4) is 0 Å². The normalized spacial score (nSPS) is 25.0. The summed E-state index contributed by atoms with van der Waals surface area (Å²) < 4.78 is 45.5. The van der Waals surface area contributed by atoms with Crippen LogP contribution in [0.15, 0.2) is 17.1 Å². The van der Waals surface area contributed by atoms with E-state index in [1.165, 1.54) is 0 Å². The van der Waals surface area contributed by atoms with Crippen molar-refractivity contribution in [1.82, 2.24) is 19.5 Å². The first-order valence-corrected chi connectivity index (χ1v) is 8.59. The standard InChI is InChI=1S/C17H19F3N4O3/c1-15(2,3)27-14(26)23-8-16(6-9(23)7-16)13-21-12(25)11-10(17(18,19)20)4-5-24(11)22-13/h4-5,9H,6-8H2,1-3H3,(H,21,22,25). The third-order valence-electron chi connectivity index (χ3n) is 5.12. The molecule has 1 N–H and O–H groups in total. The molecule has 0 radical (unpaired) electrons. The lowest BCUT2D eigenvalue weighted by Crippen LogP contribution is -2.42. The molecule has 4 heterocycles. The number of halogens is 3. The number of hydrogen-bond acceptors (Lipinski definition) is 4. The van der Waals surface area contributed by atoms with Gasteiger partial charge in [0.1, 0.15) is 16.9 Å². The van der Waals surface area contributed by atoms with Crippen molar-refractivity contribution in [2.45, 2.75) is 56.8 Å². The Morgan fingerprint density at radius 2 is 2.00 bits per heavy atom. The number of nitrogens with one attached hydrogen (secondary N) is 1. The smallest absolute Gasteiger partial charge is 0.418 e. The number of aromatic amines is 1. The zero-order valence-corrected chi connectivity index (χ0v) is 15.1. The minimum absolute atomic E-state index is 0.0174. The van der Waals surface area contributed by atoms with Gasteiger partial charge < -0.3 is 14.6 Å². The lowest BCUT2D eigenvalue weighted by molar-refractivity contribution is -0.136. The van der Waals surface area contributed by atoms with Crippen LogP contribution in [0, 0.1) is 0 Å². The summed E-state index contributed by atoms with van der Waals surface area (Å²) in [6.45, 7) is 5.64. The molecule has 2 saturated heterocycles. The summed E-state index contributed by atoms with van der Waals surface area (Å²) in [5.74, 6) is 0.298. The molecule has 0 spiro atoms. The zero-order valence-electron chi connectivity index (χ0n) is 15.1. The molecule has 0 aromatic carbocycles. The SMILES string of the molecule is CC(C)(C)OC(=O)N1CC2(c3nn4ccc(C(F)(F)F)c4c(=O)[nH]3)CC1C2. The minimum Gasteiger partial charge on any atom is -0.444 e. The summed E-state index contributed by atoms with van der Waals surface area (Å²) in [6.07, 6.45) is -2.76. The summed E-state index contributed by atoms with van der Waals surface area (Å²) in [5, 5.41) is 4.21. The van der Waals surface area contributed by atoms with Crippen molar-refractivity contribution in [3.63, 3.8) is 0 Å². The maximum atomic E-state index is 13.0. The van der Waals surface area contributed by atoms with E-state index in [2.05, 4.69) is 10.1 Å². The Labute approximate surface area is 152 Å². The molecular formula is C17H19F3N4O3. The van der Waals surface area contributed by atoms with Gasteiger partial charge >= 0.3 is 12.3 Å². The molecule has 2 bridgehead atoms. The molecule has 0 atom stereocenters. The zero-order chi connectivity index (χ0) is 19.8. The number of rotatable bonds is 1. The Morgan fingerprint density at radius 1 is 1.33 bits per heavy atom. The molecule has 2 aromatic heterocycles. The van der Waals surface area contributed by atoms with Crippen molar-refractivity contribution in [3.05, 3.63) is 34.0 Å². The van der Waals surface area contributed by atoms with E-state index in [0.29, 0.717) is 25.2 Å². The van der Waals surface area contributed by atoms with Crippen molar-refractivity contribution >= 4 is 11.6 Å². The summed E-state index contributed by atoms with van der Waals surface area (Å²) in [7, 11) is 0. The molecule has 1 aliphatic carbocycles. The quantitative estimate of drug-likeness (QED) is 0.820. The molecule has 0 unspecified atom stereocenters. The maximum Gasteiger partial charge on any atom is 0.418 e. The molecule has 27 heavy (non-hydrogen) atoms. The van der Waals surface area contributed by atoms with Gasteiger partial charge in [0.15, 0.2) is 0 Å². The molecule has 1 amide bonds. The minimum atomic E-state index is -4.63. The first kappa shape index (κ1) is 17.9. The second kappa shape index (κ2) is 5.26. The Balaban J connectivity index is 1.65. The Hall–Kier alpha value is -2.52. The van der Waals surface area contributed by atoms with E-state index in [-0.39, 0.29) is 6.04 Å². The lowest BCUT2D eigenvalue weighted by atomic mass is 9.69. The van der Waals surface area contributed by atoms with Gasteiger partial charge in [0, 0.05) is 18.8 Å². The topological polar surface area (TPSA) is 79.7 Å². The summed E-state index contributed by atoms with van der Waals surface area (Å²) in [4.78, 5) is 28.8. The van der Waals surface area contributed by atoms with Crippen LogP contribution in [0.1, 0.15) is 45.0 Å². The summed E-state index contributed by atoms with van der Waals surface area (Å²) in [5.41, 5.74) is -3.57. The second-order valence-electron chi connectivity index (χ2n) is 8.27. The van der Waals surface area contributed by atoms with Gasteiger partial charge in [-0.15, -0.1) is 0 Å². The number of amides is 1. The van der Waals surface area contributed by atoms with Gasteiger partial charge in [0.2, 0.25) is 0 Å². The fourth-order valence-electron chi connectivity index (χ4n) is 3.95. The average molecular weight is 384 g/mol. The van der Waals surface area contributed by atoms with E-state index in [1.807, 2.05) is 0 Å². The van der Waals surface area contributed by atoms with E-state index in [9.17, 15) is 22.8 Å². The number of ether oxygens (including phenoxy) is 1. The van der Waals surface area contributed by atoms with Crippen LogP contribution in [-0.4, -0.2) is 43.8 Å². The Bertz CT molecular complexity index is 980. The number of H-pyrrole nitrogens is 1. The first-order valence-electron chi connectivity index (χ1n) is 8.59. The van der Waals surface area contributed by atoms with E-state index >= 15 is 0 Å². The highest BCUT2D eigenvalue weighted by molar-refractivity contribution is 5.70. The van der Waals surface area contributed by atoms with Crippen LogP contribution in [0.2, 0.25) is 0 Å². The Morgan fingerprint density at radius 3 is 2.59 bits per heavy atom. The molecule has 146 valence electrons. The summed E-state index contributed by atoms with van der Waals surface area (Å²) >= 11 is 0. The highest BCUT2D eigenvalue weighted by atomic mass is 19.4. The van der Waals surface area contributed by atoms with Crippen LogP contribution in [-0.2, 0) is 16.3 Å². The third-order valence-corrected chi connectivity index (χ3v) is 5.12. The van der Waals surface area contributed by atoms with Crippen molar-refractivity contribution < 1.29 is 22.7 Å². The number of aromatic nitrogens is 3. The van der Waals surface area contributed by atoms with Gasteiger partial charge in [-0.1, -0.05) is 0 Å². The highest BCUT2D eigenvalue weighted by Crippen LogP contribution is 2.52. The van der Waals surface area contributed by atoms with Crippen LogP contribution < -0.4 is 5.56 Å². The molecule has 7 nitrogen and oxygen atoms in total. The van der Waals surface area contributed by atoms with Crippen molar-refractivity contribution in [2.75, 3.05) is 6.54 Å². The Kier molecular flexibility index (Phi) is 3.48. The fourth-order valence-corrected chi connectivity index (χ4v) is 3.95. The first-order chi connectivity index (χ1) is 12.4. The van der Waals surface area contributed by atoms with Crippen LogP contribution in [0.5, 0.6) is 0 Å². The van der Waals surface area contributed by atoms with Crippen molar-refractivity contribution in [2.24, 2.45) is 0 Å². The lowest BCUT2D eigenvalue weighted by Gasteiger charge is -2.35. The van der Waals surface area contributed by atoms with Crippen molar-refractivity contribution in [1.29, 1.82) is 0 Å². The van der Waals surface area contributed by atoms with E-state index in [1.54, 1.807) is 25.7 Å². The van der Waals surface area contributed by atoms with Gasteiger partial charge in [0.25, 0.3) is 5.56 Å². The van der Waals surface area contributed by atoms with Gasteiger partial charge in [0.05, 0.1) is 11.0 Å². The van der Waals surface area contributed by atoms with Gasteiger partial charge in [-0.25, -0.2) is 9.31 Å². The molecule has 2 aromatic rings. The van der Waals surface area contributed by atoms with E-state index in [4.69, 9.17) is 4.74 Å². The predicted molar refractivity (Wildman–Crippen MR) is 88.5 cm³/mol. The van der Waals surface area contributed by atoms with Gasteiger partial charge in [-0.2, -0.15) is 18.3 Å². The van der Waals surface area contributed by atoms with Crippen LogP contribution in [0.25, 0.3) is 5.52 Å². The summed E-state index contributed by atoms with van der Waals surface area (Å²) in [6, 6.07) is 0.820. The predicted octanol–water partition coefficient (Wildman–Crippen LogP) is 2.69. The number of alkyl halides is 3. The molecule has 2 aliphatic heterocycles. The number of fused-ring (bicyclic) bond motifs is 2. The fraction of sp³-hybridized carbons (Fsp3) is 0.588. The van der Waals surface area contributed by atoms with Gasteiger partial charge in [-0.05, 0) is 39.7 Å². The molecule has 5 rings (SSSR count). The molecule has 3 fully saturated rings. The molecule has 10 heteroatoms. The van der Waals surface area contributed by atoms with E-state index < -0.39 is 39.9 Å². The van der Waals surface area contributed by atoms with Crippen LogP contribution in [0.4, 0.5) is 18.0 Å². The maximum absolute atomic E-state index is 13.0. The molecular weight excluding hydrogens is 365 g/mol. The second-order valence-corrected chi connectivity index (χ2v) is 8.27.